The van der Waals surface area contributed by atoms with Crippen molar-refractivity contribution in [3.63, 3.8) is 0 Å². The summed E-state index contributed by atoms with van der Waals surface area (Å²) in [5.74, 6) is 0.871. The standard InChI is InChI=1S/C11H18ClN3S/c1-4-9-10(12)14-7-15-11(9)13-6-5-8(2)16-3/h7-8H,4-6H2,1-3H3,(H,13,14,15). The monoisotopic (exact) mass is 259 g/mol. The summed E-state index contributed by atoms with van der Waals surface area (Å²) in [7, 11) is 0. The summed E-state index contributed by atoms with van der Waals surface area (Å²) < 4.78 is 0. The van der Waals surface area contributed by atoms with Crippen molar-refractivity contribution in [3.8, 4) is 0 Å². The summed E-state index contributed by atoms with van der Waals surface area (Å²) in [6.07, 6.45) is 5.59. The summed E-state index contributed by atoms with van der Waals surface area (Å²) in [6.45, 7) is 5.20. The van der Waals surface area contributed by atoms with Crippen LogP contribution >= 0.6 is 23.4 Å². The van der Waals surface area contributed by atoms with Crippen LogP contribution in [0.15, 0.2) is 6.33 Å². The Balaban J connectivity index is 2.56. The highest BCUT2D eigenvalue weighted by Gasteiger charge is 2.07. The van der Waals surface area contributed by atoms with Crippen molar-refractivity contribution >= 4 is 29.2 Å². The fourth-order valence-electron chi connectivity index (χ4n) is 1.37. The third kappa shape index (κ3) is 3.83. The molecule has 90 valence electrons. The number of anilines is 1. The second-order valence-corrected chi connectivity index (χ2v) is 5.24. The summed E-state index contributed by atoms with van der Waals surface area (Å²) in [5.41, 5.74) is 1.00. The number of nitrogens with one attached hydrogen (secondary N) is 1. The van der Waals surface area contributed by atoms with Crippen molar-refractivity contribution in [2.45, 2.75) is 31.9 Å². The number of nitrogens with zero attached hydrogens (tertiary/aromatic N) is 2. The highest BCUT2D eigenvalue weighted by atomic mass is 35.5. The minimum Gasteiger partial charge on any atom is -0.370 e. The molecule has 1 aromatic rings. The highest BCUT2D eigenvalue weighted by molar-refractivity contribution is 7.99. The molecule has 0 radical (unpaired) electrons. The van der Waals surface area contributed by atoms with Crippen molar-refractivity contribution < 1.29 is 0 Å². The molecule has 0 bridgehead atoms. The molecule has 1 N–H and O–H groups in total. The van der Waals surface area contributed by atoms with Gasteiger partial charge in [-0.25, -0.2) is 9.97 Å². The van der Waals surface area contributed by atoms with Gasteiger partial charge in [-0.1, -0.05) is 25.4 Å². The first-order chi connectivity index (χ1) is 7.69. The Labute approximate surface area is 106 Å². The van der Waals surface area contributed by atoms with Crippen LogP contribution < -0.4 is 5.32 Å². The molecule has 1 atom stereocenters. The van der Waals surface area contributed by atoms with Crippen LogP contribution in [0.3, 0.4) is 0 Å². The molecule has 0 saturated heterocycles. The Morgan fingerprint density at radius 2 is 2.25 bits per heavy atom. The number of rotatable bonds is 6. The highest BCUT2D eigenvalue weighted by Crippen LogP contribution is 2.20. The van der Waals surface area contributed by atoms with Crippen LogP contribution in [0.1, 0.15) is 25.8 Å². The zero-order valence-electron chi connectivity index (χ0n) is 9.96. The zero-order chi connectivity index (χ0) is 12.0. The first-order valence-corrected chi connectivity index (χ1v) is 7.11. The topological polar surface area (TPSA) is 37.8 Å². The molecule has 1 unspecified atom stereocenters. The van der Waals surface area contributed by atoms with E-state index in [2.05, 4.69) is 35.4 Å². The first-order valence-electron chi connectivity index (χ1n) is 5.45. The largest absolute Gasteiger partial charge is 0.370 e. The molecule has 0 aliphatic carbocycles. The molecule has 0 amide bonds. The third-order valence-corrected chi connectivity index (χ3v) is 3.86. The average Bonchev–Trinajstić information content (AvgIpc) is 2.29. The van der Waals surface area contributed by atoms with Crippen LogP contribution in [-0.4, -0.2) is 28.0 Å². The van der Waals surface area contributed by atoms with Crippen LogP contribution in [-0.2, 0) is 6.42 Å². The van der Waals surface area contributed by atoms with Gasteiger partial charge in [0.2, 0.25) is 0 Å². The second kappa shape index (κ2) is 6.97. The van der Waals surface area contributed by atoms with E-state index in [1.54, 1.807) is 0 Å². The number of hydrogen-bond acceptors (Lipinski definition) is 4. The Morgan fingerprint density at radius 1 is 1.50 bits per heavy atom. The summed E-state index contributed by atoms with van der Waals surface area (Å²) in [6, 6.07) is 0. The Bertz CT molecular complexity index is 333. The van der Waals surface area contributed by atoms with Crippen LogP contribution in [0, 0.1) is 0 Å². The molecule has 5 heteroatoms. The van der Waals surface area contributed by atoms with E-state index < -0.39 is 0 Å². The van der Waals surface area contributed by atoms with Crippen LogP contribution in [0.5, 0.6) is 0 Å². The summed E-state index contributed by atoms with van der Waals surface area (Å²) in [5, 5.41) is 4.54. The van der Waals surface area contributed by atoms with E-state index in [1.165, 1.54) is 6.33 Å². The molecule has 0 saturated carbocycles. The van der Waals surface area contributed by atoms with Crippen molar-refractivity contribution in [1.82, 2.24) is 9.97 Å². The van der Waals surface area contributed by atoms with Gasteiger partial charge in [0.1, 0.15) is 17.3 Å². The third-order valence-electron chi connectivity index (χ3n) is 2.49. The minimum atomic E-state index is 0.554. The van der Waals surface area contributed by atoms with Gasteiger partial charge in [0, 0.05) is 17.4 Å². The molecule has 16 heavy (non-hydrogen) atoms. The predicted octanol–water partition coefficient (Wildman–Crippen LogP) is 3.25. The fourth-order valence-corrected chi connectivity index (χ4v) is 1.99. The zero-order valence-corrected chi connectivity index (χ0v) is 11.5. The van der Waals surface area contributed by atoms with Gasteiger partial charge in [-0.05, 0) is 19.1 Å². The normalized spacial score (nSPS) is 12.5. The van der Waals surface area contributed by atoms with Gasteiger partial charge in [-0.2, -0.15) is 11.8 Å². The predicted molar refractivity (Wildman–Crippen MR) is 72.5 cm³/mol. The maximum Gasteiger partial charge on any atom is 0.137 e. The van der Waals surface area contributed by atoms with Gasteiger partial charge in [0.05, 0.1) is 0 Å². The summed E-state index contributed by atoms with van der Waals surface area (Å²) >= 11 is 7.88. The van der Waals surface area contributed by atoms with Gasteiger partial charge >= 0.3 is 0 Å². The molecular weight excluding hydrogens is 242 g/mol. The molecule has 1 aromatic heterocycles. The SMILES string of the molecule is CCc1c(Cl)ncnc1NCCC(C)SC. The Hall–Kier alpha value is -0.480. The lowest BCUT2D eigenvalue weighted by Gasteiger charge is -2.12. The van der Waals surface area contributed by atoms with E-state index in [0.717, 1.165) is 30.8 Å². The van der Waals surface area contributed by atoms with E-state index in [4.69, 9.17) is 11.6 Å². The van der Waals surface area contributed by atoms with Crippen molar-refractivity contribution in [1.29, 1.82) is 0 Å². The lowest BCUT2D eigenvalue weighted by molar-refractivity contribution is 0.845. The molecule has 3 nitrogen and oxygen atoms in total. The van der Waals surface area contributed by atoms with Crippen molar-refractivity contribution in [2.24, 2.45) is 0 Å². The number of aromatic nitrogens is 2. The number of hydrogen-bond donors (Lipinski definition) is 1. The molecule has 0 aliphatic rings. The van der Waals surface area contributed by atoms with E-state index in [0.29, 0.717) is 10.4 Å². The summed E-state index contributed by atoms with van der Waals surface area (Å²) in [4.78, 5) is 8.20. The maximum atomic E-state index is 6.00. The lowest BCUT2D eigenvalue weighted by atomic mass is 10.2. The van der Waals surface area contributed by atoms with E-state index >= 15 is 0 Å². The Morgan fingerprint density at radius 3 is 2.88 bits per heavy atom. The first kappa shape index (κ1) is 13.6. The smallest absolute Gasteiger partial charge is 0.137 e. The number of thioether (sulfide) groups is 1. The quantitative estimate of drug-likeness (QED) is 0.796. The van der Waals surface area contributed by atoms with Crippen molar-refractivity contribution in [2.75, 3.05) is 18.1 Å². The second-order valence-electron chi connectivity index (χ2n) is 3.61. The van der Waals surface area contributed by atoms with Gasteiger partial charge in [0.15, 0.2) is 0 Å². The molecule has 0 fully saturated rings. The van der Waals surface area contributed by atoms with Gasteiger partial charge in [0.25, 0.3) is 0 Å². The van der Waals surface area contributed by atoms with Gasteiger partial charge < -0.3 is 5.32 Å². The van der Waals surface area contributed by atoms with Gasteiger partial charge in [-0.3, -0.25) is 0 Å². The van der Waals surface area contributed by atoms with E-state index in [-0.39, 0.29) is 0 Å². The van der Waals surface area contributed by atoms with E-state index in [1.807, 2.05) is 11.8 Å². The van der Waals surface area contributed by atoms with Crippen LogP contribution in [0.4, 0.5) is 5.82 Å². The molecule has 0 aromatic carbocycles. The minimum absolute atomic E-state index is 0.554. The molecule has 1 rings (SSSR count). The van der Waals surface area contributed by atoms with Crippen LogP contribution in [0.2, 0.25) is 5.15 Å². The molecular formula is C11H18ClN3S. The molecule has 0 aliphatic heterocycles. The average molecular weight is 260 g/mol. The maximum absolute atomic E-state index is 6.00. The molecule has 1 heterocycles. The number of halogens is 1. The molecule has 0 spiro atoms. The Kier molecular flexibility index (Phi) is 5.91. The fraction of sp³-hybridized carbons (Fsp3) is 0.636. The van der Waals surface area contributed by atoms with E-state index in [9.17, 15) is 0 Å². The lowest BCUT2D eigenvalue weighted by Crippen LogP contribution is -2.10. The van der Waals surface area contributed by atoms with Crippen LogP contribution in [0.25, 0.3) is 0 Å². The van der Waals surface area contributed by atoms with Gasteiger partial charge in [-0.15, -0.1) is 0 Å². The van der Waals surface area contributed by atoms with Crippen molar-refractivity contribution in [3.05, 3.63) is 17.0 Å².